The topological polar surface area (TPSA) is 18.5 Å². The maximum absolute atomic E-state index is 12.8. The Bertz CT molecular complexity index is 373. The van der Waals surface area contributed by atoms with E-state index in [1.807, 2.05) is 13.8 Å². The van der Waals surface area contributed by atoms with Crippen molar-refractivity contribution in [2.75, 3.05) is 7.11 Å². The highest BCUT2D eigenvalue weighted by Crippen LogP contribution is 2.37. The van der Waals surface area contributed by atoms with E-state index >= 15 is 0 Å². The number of methoxy groups -OCH3 is 1. The lowest BCUT2D eigenvalue weighted by molar-refractivity contribution is -0.139. The molecule has 0 aliphatic rings. The molecule has 0 aliphatic carbocycles. The van der Waals surface area contributed by atoms with Gasteiger partial charge in [-0.2, -0.15) is 13.2 Å². The smallest absolute Gasteiger partial charge is 0.419 e. The second-order valence-corrected chi connectivity index (χ2v) is 3.93. The maximum atomic E-state index is 12.8. The molecular weight excluding hydrogens is 257 g/mol. The van der Waals surface area contributed by atoms with Gasteiger partial charge in [-0.15, -0.1) is 0 Å². The number of ether oxygens (including phenoxy) is 2. The van der Waals surface area contributed by atoms with Gasteiger partial charge in [0.15, 0.2) is 0 Å². The van der Waals surface area contributed by atoms with Crippen molar-refractivity contribution in [3.05, 3.63) is 29.3 Å². The molecule has 0 aromatic heterocycles. The molecular formula is C14H21F3O2. The zero-order valence-electron chi connectivity index (χ0n) is 12.0. The highest BCUT2D eigenvalue weighted by Gasteiger charge is 2.34. The normalized spacial score (nSPS) is 11.0. The summed E-state index contributed by atoms with van der Waals surface area (Å²) in [6, 6.07) is 3.95. The molecule has 1 aromatic carbocycles. The van der Waals surface area contributed by atoms with Crippen LogP contribution >= 0.6 is 0 Å². The first-order valence-electron chi connectivity index (χ1n) is 6.20. The molecule has 0 spiro atoms. The summed E-state index contributed by atoms with van der Waals surface area (Å²) in [5.74, 6) is -0.146. The Labute approximate surface area is 112 Å². The Kier molecular flexibility index (Phi) is 7.52. The molecule has 0 amide bonds. The van der Waals surface area contributed by atoms with E-state index in [0.717, 1.165) is 6.07 Å². The van der Waals surface area contributed by atoms with E-state index in [2.05, 4.69) is 0 Å². The summed E-state index contributed by atoms with van der Waals surface area (Å²) in [6.45, 7) is 7.51. The quantitative estimate of drug-likeness (QED) is 0.797. The highest BCUT2D eigenvalue weighted by atomic mass is 19.4. The van der Waals surface area contributed by atoms with Gasteiger partial charge < -0.3 is 9.47 Å². The molecule has 2 nitrogen and oxygen atoms in total. The van der Waals surface area contributed by atoms with E-state index in [1.165, 1.54) is 13.2 Å². The molecule has 0 N–H and O–H groups in total. The fourth-order valence-corrected chi connectivity index (χ4v) is 1.41. The predicted molar refractivity (Wildman–Crippen MR) is 69.3 cm³/mol. The largest absolute Gasteiger partial charge is 0.490 e. The molecule has 19 heavy (non-hydrogen) atoms. The van der Waals surface area contributed by atoms with Gasteiger partial charge in [0.25, 0.3) is 0 Å². The number of rotatable bonds is 4. The zero-order valence-corrected chi connectivity index (χ0v) is 12.0. The molecule has 1 aromatic rings. The minimum Gasteiger partial charge on any atom is -0.490 e. The highest BCUT2D eigenvalue weighted by molar-refractivity contribution is 5.39. The van der Waals surface area contributed by atoms with Crippen molar-refractivity contribution in [2.45, 2.75) is 46.6 Å². The Morgan fingerprint density at radius 3 is 2.16 bits per heavy atom. The number of hydrogen-bond donors (Lipinski definition) is 0. The molecule has 0 saturated heterocycles. The van der Waals surface area contributed by atoms with Gasteiger partial charge >= 0.3 is 6.18 Å². The van der Waals surface area contributed by atoms with Gasteiger partial charge in [0.2, 0.25) is 0 Å². The molecule has 0 heterocycles. The number of halogens is 3. The molecule has 110 valence electrons. The van der Waals surface area contributed by atoms with E-state index in [1.54, 1.807) is 19.9 Å². The molecule has 0 fully saturated rings. The maximum Gasteiger partial charge on any atom is 0.419 e. The molecule has 0 radical (unpaired) electrons. The third kappa shape index (κ3) is 5.96. The summed E-state index contributed by atoms with van der Waals surface area (Å²) in [5.41, 5.74) is -0.295. The van der Waals surface area contributed by atoms with Crippen molar-refractivity contribution in [3.8, 4) is 5.75 Å². The van der Waals surface area contributed by atoms with Crippen LogP contribution < -0.4 is 4.74 Å². The first kappa shape index (κ1) is 17.8. The lowest BCUT2D eigenvalue weighted by atomic mass is 10.1. The Balaban J connectivity index is 0.00000154. The van der Waals surface area contributed by atoms with Gasteiger partial charge in [-0.1, -0.05) is 19.9 Å². The molecule has 0 atom stereocenters. The van der Waals surface area contributed by atoms with Gasteiger partial charge in [0.1, 0.15) is 5.75 Å². The van der Waals surface area contributed by atoms with Crippen molar-refractivity contribution in [3.63, 3.8) is 0 Å². The molecule has 0 bridgehead atoms. The average Bonchev–Trinajstić information content (AvgIpc) is 2.32. The standard InChI is InChI=1S/C12H15F3O2.C2H6/c1-8(2)17-11-5-4-9(7-16-3)6-10(11)12(13,14)15;1-2/h4-6,8H,7H2,1-3H3;1-2H3. The van der Waals surface area contributed by atoms with Crippen LogP contribution in [0, 0.1) is 0 Å². The third-order valence-corrected chi connectivity index (χ3v) is 2.02. The monoisotopic (exact) mass is 278 g/mol. The first-order valence-corrected chi connectivity index (χ1v) is 6.20. The van der Waals surface area contributed by atoms with Crippen LogP contribution in [0.3, 0.4) is 0 Å². The minimum atomic E-state index is -4.42. The Morgan fingerprint density at radius 1 is 1.16 bits per heavy atom. The number of alkyl halides is 3. The van der Waals surface area contributed by atoms with Crippen LogP contribution in [0.15, 0.2) is 18.2 Å². The van der Waals surface area contributed by atoms with Gasteiger partial charge in [0.05, 0.1) is 18.3 Å². The summed E-state index contributed by atoms with van der Waals surface area (Å²) in [6.07, 6.45) is -4.72. The predicted octanol–water partition coefficient (Wildman–Crippen LogP) is 4.67. The summed E-state index contributed by atoms with van der Waals surface area (Å²) >= 11 is 0. The van der Waals surface area contributed by atoms with E-state index in [0.29, 0.717) is 5.56 Å². The summed E-state index contributed by atoms with van der Waals surface area (Å²) < 4.78 is 48.3. The van der Waals surface area contributed by atoms with Crippen LogP contribution in [0.2, 0.25) is 0 Å². The van der Waals surface area contributed by atoms with Crippen LogP contribution in [-0.2, 0) is 17.5 Å². The van der Waals surface area contributed by atoms with Crippen LogP contribution in [0.5, 0.6) is 5.75 Å². The average molecular weight is 278 g/mol. The second-order valence-electron chi connectivity index (χ2n) is 3.93. The van der Waals surface area contributed by atoms with Crippen molar-refractivity contribution >= 4 is 0 Å². The van der Waals surface area contributed by atoms with Gasteiger partial charge in [-0.3, -0.25) is 0 Å². The lowest BCUT2D eigenvalue weighted by Gasteiger charge is -2.17. The number of benzene rings is 1. The molecule has 0 aliphatic heterocycles. The molecule has 1 rings (SSSR count). The Hall–Kier alpha value is -1.23. The summed E-state index contributed by atoms with van der Waals surface area (Å²) in [5, 5.41) is 0. The fourth-order valence-electron chi connectivity index (χ4n) is 1.41. The lowest BCUT2D eigenvalue weighted by Crippen LogP contribution is -2.13. The minimum absolute atomic E-state index is 0.144. The second kappa shape index (κ2) is 8.04. The summed E-state index contributed by atoms with van der Waals surface area (Å²) in [7, 11) is 1.44. The van der Waals surface area contributed by atoms with Gasteiger partial charge in [0, 0.05) is 7.11 Å². The Morgan fingerprint density at radius 2 is 1.74 bits per heavy atom. The molecule has 0 saturated carbocycles. The fraction of sp³-hybridized carbons (Fsp3) is 0.571. The zero-order chi connectivity index (χ0) is 15.1. The van der Waals surface area contributed by atoms with Crippen LogP contribution in [0.1, 0.15) is 38.8 Å². The van der Waals surface area contributed by atoms with Crippen molar-refractivity contribution in [1.29, 1.82) is 0 Å². The molecule has 0 unspecified atom stereocenters. The SMILES string of the molecule is CC.COCc1ccc(OC(C)C)c(C(F)(F)F)c1. The van der Waals surface area contributed by atoms with Crippen LogP contribution in [0.4, 0.5) is 13.2 Å². The van der Waals surface area contributed by atoms with Crippen molar-refractivity contribution in [1.82, 2.24) is 0 Å². The van der Waals surface area contributed by atoms with E-state index in [-0.39, 0.29) is 18.5 Å². The number of hydrogen-bond acceptors (Lipinski definition) is 2. The van der Waals surface area contributed by atoms with Crippen molar-refractivity contribution < 1.29 is 22.6 Å². The van der Waals surface area contributed by atoms with Crippen LogP contribution in [-0.4, -0.2) is 13.2 Å². The van der Waals surface area contributed by atoms with Gasteiger partial charge in [-0.25, -0.2) is 0 Å². The van der Waals surface area contributed by atoms with E-state index in [9.17, 15) is 13.2 Å². The van der Waals surface area contributed by atoms with Gasteiger partial charge in [-0.05, 0) is 31.5 Å². The first-order chi connectivity index (χ1) is 8.84. The van der Waals surface area contributed by atoms with E-state index in [4.69, 9.17) is 9.47 Å². The van der Waals surface area contributed by atoms with Crippen molar-refractivity contribution in [2.24, 2.45) is 0 Å². The van der Waals surface area contributed by atoms with E-state index < -0.39 is 11.7 Å². The molecule has 5 heteroatoms. The van der Waals surface area contributed by atoms with Crippen LogP contribution in [0.25, 0.3) is 0 Å². The third-order valence-electron chi connectivity index (χ3n) is 2.02. The summed E-state index contributed by atoms with van der Waals surface area (Å²) in [4.78, 5) is 0.